The van der Waals surface area contributed by atoms with Gasteiger partial charge in [0, 0.05) is 17.6 Å². The van der Waals surface area contributed by atoms with Crippen LogP contribution in [0.4, 0.5) is 17.1 Å². The maximum atomic E-state index is 12.1. The molecule has 194 valence electrons. The van der Waals surface area contributed by atoms with Crippen molar-refractivity contribution in [2.75, 3.05) is 30.1 Å². The molecule has 5 rings (SSSR count). The molecular formula is C30H28BrN3O4. The van der Waals surface area contributed by atoms with Gasteiger partial charge in [-0.15, -0.1) is 0 Å². The average Bonchev–Trinajstić information content (AvgIpc) is 2.93. The summed E-state index contributed by atoms with van der Waals surface area (Å²) in [6, 6.07) is 29.5. The maximum Gasteiger partial charge on any atom is 0.241 e. The van der Waals surface area contributed by atoms with Gasteiger partial charge in [-0.3, -0.25) is 4.79 Å². The maximum absolute atomic E-state index is 12.1. The second-order valence-electron chi connectivity index (χ2n) is 8.92. The number of halogens is 1. The van der Waals surface area contributed by atoms with Crippen LogP contribution in [-0.2, 0) is 22.7 Å². The first-order chi connectivity index (χ1) is 18.6. The van der Waals surface area contributed by atoms with Crippen molar-refractivity contribution in [3.05, 3.63) is 107 Å². The third kappa shape index (κ3) is 5.98. The van der Waals surface area contributed by atoms with Gasteiger partial charge in [0.25, 0.3) is 0 Å². The number of carbonyl (C=O) groups is 1. The summed E-state index contributed by atoms with van der Waals surface area (Å²) in [5.74, 6) is 0.895. The Morgan fingerprint density at radius 2 is 1.50 bits per heavy atom. The van der Waals surface area contributed by atoms with Crippen molar-refractivity contribution in [2.45, 2.75) is 19.3 Å². The monoisotopic (exact) mass is 573 g/mol. The Kier molecular flexibility index (Phi) is 8.21. The van der Waals surface area contributed by atoms with Crippen molar-refractivity contribution >= 4 is 39.4 Å². The number of hydrogen-bond donors (Lipinski definition) is 0. The summed E-state index contributed by atoms with van der Waals surface area (Å²) in [7, 11) is 1.93. The van der Waals surface area contributed by atoms with E-state index in [0.29, 0.717) is 38.2 Å². The van der Waals surface area contributed by atoms with Crippen molar-refractivity contribution in [2.24, 2.45) is 0 Å². The average molecular weight is 574 g/mol. The SMILES string of the molecule is CN(c1ccc(Br)cc1N(C=O)C1COC1)c1ccc(OCc2ccccc2)nc1OCc1ccccc1. The van der Waals surface area contributed by atoms with Gasteiger partial charge in [0.15, 0.2) is 0 Å². The third-order valence-corrected chi connectivity index (χ3v) is 6.82. The Hall–Kier alpha value is -3.88. The van der Waals surface area contributed by atoms with E-state index in [1.807, 2.05) is 103 Å². The number of carbonyl (C=O) groups excluding carboxylic acids is 1. The molecule has 7 nitrogen and oxygen atoms in total. The normalized spacial score (nSPS) is 12.9. The molecule has 1 fully saturated rings. The molecule has 0 unspecified atom stereocenters. The van der Waals surface area contributed by atoms with E-state index >= 15 is 0 Å². The van der Waals surface area contributed by atoms with Crippen molar-refractivity contribution in [1.82, 2.24) is 4.98 Å². The molecule has 1 saturated heterocycles. The molecule has 38 heavy (non-hydrogen) atoms. The van der Waals surface area contributed by atoms with Crippen LogP contribution in [0.25, 0.3) is 0 Å². The quantitative estimate of drug-likeness (QED) is 0.201. The zero-order chi connectivity index (χ0) is 26.3. The summed E-state index contributed by atoms with van der Waals surface area (Å²) >= 11 is 3.55. The first-order valence-electron chi connectivity index (χ1n) is 12.3. The second-order valence-corrected chi connectivity index (χ2v) is 9.83. The molecule has 0 spiro atoms. The van der Waals surface area contributed by atoms with Gasteiger partial charge in [0.1, 0.15) is 18.9 Å². The molecule has 0 saturated carbocycles. The van der Waals surface area contributed by atoms with Gasteiger partial charge in [-0.05, 0) is 35.4 Å². The van der Waals surface area contributed by atoms with Crippen LogP contribution in [0.15, 0.2) is 95.5 Å². The molecule has 1 aliphatic rings. The molecule has 1 aromatic heterocycles. The molecule has 0 N–H and O–H groups in total. The lowest BCUT2D eigenvalue weighted by Crippen LogP contribution is -2.49. The summed E-state index contributed by atoms with van der Waals surface area (Å²) in [5.41, 5.74) is 4.42. The van der Waals surface area contributed by atoms with E-state index < -0.39 is 0 Å². The van der Waals surface area contributed by atoms with Gasteiger partial charge in [0.05, 0.1) is 30.6 Å². The fourth-order valence-electron chi connectivity index (χ4n) is 4.16. The Balaban J connectivity index is 1.47. The standard InChI is InChI=1S/C30H28BrN3O4/c1-33(26-13-12-24(31)16-28(26)34(21-35)25-19-36-20-25)27-14-15-29(37-17-22-8-4-2-5-9-22)32-30(27)38-18-23-10-6-3-7-11-23/h2-16,21,25H,17-20H2,1H3. The Bertz CT molecular complexity index is 1370. The molecule has 0 radical (unpaired) electrons. The predicted octanol–water partition coefficient (Wildman–Crippen LogP) is 6.13. The van der Waals surface area contributed by atoms with Crippen LogP contribution in [0, 0.1) is 0 Å². The fourth-order valence-corrected chi connectivity index (χ4v) is 4.50. The highest BCUT2D eigenvalue weighted by molar-refractivity contribution is 9.10. The van der Waals surface area contributed by atoms with Gasteiger partial charge in [-0.1, -0.05) is 76.6 Å². The molecule has 8 heteroatoms. The first kappa shape index (κ1) is 25.8. The van der Waals surface area contributed by atoms with Gasteiger partial charge in [0.2, 0.25) is 18.2 Å². The Labute approximate surface area is 230 Å². The van der Waals surface area contributed by atoms with E-state index in [-0.39, 0.29) is 6.04 Å². The molecule has 2 heterocycles. The fraction of sp³-hybridized carbons (Fsp3) is 0.200. The van der Waals surface area contributed by atoms with E-state index in [9.17, 15) is 4.79 Å². The smallest absolute Gasteiger partial charge is 0.241 e. The van der Waals surface area contributed by atoms with Crippen LogP contribution in [0.5, 0.6) is 11.8 Å². The molecule has 0 bridgehead atoms. The molecule has 0 atom stereocenters. The number of hydrogen-bond acceptors (Lipinski definition) is 6. The van der Waals surface area contributed by atoms with E-state index in [4.69, 9.17) is 19.2 Å². The summed E-state index contributed by atoms with van der Waals surface area (Å²) in [4.78, 5) is 20.5. The van der Waals surface area contributed by atoms with E-state index in [0.717, 1.165) is 39.1 Å². The molecule has 1 aliphatic heterocycles. The first-order valence-corrected chi connectivity index (χ1v) is 13.1. The number of nitrogens with zero attached hydrogens (tertiary/aromatic N) is 3. The minimum Gasteiger partial charge on any atom is -0.473 e. The lowest BCUT2D eigenvalue weighted by molar-refractivity contribution is -0.110. The molecular weight excluding hydrogens is 546 g/mol. The van der Waals surface area contributed by atoms with E-state index in [2.05, 4.69) is 15.9 Å². The van der Waals surface area contributed by atoms with Crippen LogP contribution in [0.1, 0.15) is 11.1 Å². The van der Waals surface area contributed by atoms with Crippen molar-refractivity contribution in [1.29, 1.82) is 0 Å². The minimum absolute atomic E-state index is 0.00496. The number of benzene rings is 3. The highest BCUT2D eigenvalue weighted by atomic mass is 79.9. The van der Waals surface area contributed by atoms with Crippen LogP contribution in [0.2, 0.25) is 0 Å². The van der Waals surface area contributed by atoms with Crippen molar-refractivity contribution in [3.8, 4) is 11.8 Å². The van der Waals surface area contributed by atoms with Crippen molar-refractivity contribution < 1.29 is 19.0 Å². The molecule has 4 aromatic rings. The predicted molar refractivity (Wildman–Crippen MR) is 151 cm³/mol. The van der Waals surface area contributed by atoms with Crippen molar-refractivity contribution in [3.63, 3.8) is 0 Å². The topological polar surface area (TPSA) is 64.1 Å². The summed E-state index contributed by atoms with van der Waals surface area (Å²) in [6.07, 6.45) is 0.859. The Morgan fingerprint density at radius 1 is 0.868 bits per heavy atom. The van der Waals surface area contributed by atoms with Crippen LogP contribution in [0.3, 0.4) is 0 Å². The largest absolute Gasteiger partial charge is 0.473 e. The minimum atomic E-state index is -0.00496. The summed E-state index contributed by atoms with van der Waals surface area (Å²) in [5, 5.41) is 0. The number of rotatable bonds is 11. The van der Waals surface area contributed by atoms with Gasteiger partial charge in [-0.2, -0.15) is 4.98 Å². The lowest BCUT2D eigenvalue weighted by Gasteiger charge is -2.37. The summed E-state index contributed by atoms with van der Waals surface area (Å²) in [6.45, 7) is 1.77. The summed E-state index contributed by atoms with van der Waals surface area (Å²) < 4.78 is 18.5. The number of pyridine rings is 1. The number of amides is 1. The zero-order valence-electron chi connectivity index (χ0n) is 21.0. The van der Waals surface area contributed by atoms with Gasteiger partial charge >= 0.3 is 0 Å². The van der Waals surface area contributed by atoms with Crippen LogP contribution in [-0.4, -0.2) is 37.7 Å². The van der Waals surface area contributed by atoms with Crippen LogP contribution >= 0.6 is 15.9 Å². The number of anilines is 3. The molecule has 0 aliphatic carbocycles. The van der Waals surface area contributed by atoms with Crippen LogP contribution < -0.4 is 19.3 Å². The Morgan fingerprint density at radius 3 is 2.11 bits per heavy atom. The van der Waals surface area contributed by atoms with E-state index in [1.54, 1.807) is 4.90 Å². The molecule has 1 amide bonds. The molecule has 3 aromatic carbocycles. The highest BCUT2D eigenvalue weighted by Gasteiger charge is 2.29. The van der Waals surface area contributed by atoms with E-state index in [1.165, 1.54) is 0 Å². The highest BCUT2D eigenvalue weighted by Crippen LogP contribution is 2.40. The lowest BCUT2D eigenvalue weighted by atomic mass is 10.1. The van der Waals surface area contributed by atoms with Gasteiger partial charge in [-0.25, -0.2) is 0 Å². The number of aromatic nitrogens is 1. The third-order valence-electron chi connectivity index (χ3n) is 6.33. The van der Waals surface area contributed by atoms with Gasteiger partial charge < -0.3 is 24.0 Å². The zero-order valence-corrected chi connectivity index (χ0v) is 22.6. The number of ether oxygens (including phenoxy) is 3. The second kappa shape index (κ2) is 12.1.